The Morgan fingerprint density at radius 2 is 1.61 bits per heavy atom. The van der Waals surface area contributed by atoms with Crippen molar-refractivity contribution in [3.05, 3.63) is 0 Å². The molecule has 2 rings (SSSR count). The molecule has 0 aliphatic heterocycles. The predicted molar refractivity (Wildman–Crippen MR) is 79.4 cm³/mol. The Hall–Kier alpha value is -0.0400. The molecule has 0 spiro atoms. The first-order valence-corrected chi connectivity index (χ1v) is 8.15. The molecule has 2 aliphatic carbocycles. The zero-order valence-corrected chi connectivity index (χ0v) is 12.9. The van der Waals surface area contributed by atoms with E-state index in [-0.39, 0.29) is 0 Å². The van der Waals surface area contributed by atoms with Crippen LogP contribution in [0.4, 0.5) is 0 Å². The summed E-state index contributed by atoms with van der Waals surface area (Å²) in [6.07, 6.45) is 9.72. The minimum absolute atomic E-state index is 0.450. The lowest BCUT2D eigenvalue weighted by atomic mass is 9.61. The summed E-state index contributed by atoms with van der Waals surface area (Å²) in [5.74, 6) is 3.31. The third-order valence-electron chi connectivity index (χ3n) is 5.81. The maximum Gasteiger partial charge on any atom is 0.0101 e. The lowest BCUT2D eigenvalue weighted by Crippen LogP contribution is -2.47. The first kappa shape index (κ1) is 14.4. The van der Waals surface area contributed by atoms with Gasteiger partial charge in [0.2, 0.25) is 0 Å². The maximum absolute atomic E-state index is 6.72. The summed E-state index contributed by atoms with van der Waals surface area (Å²) < 4.78 is 0. The van der Waals surface area contributed by atoms with Crippen molar-refractivity contribution in [3.8, 4) is 0 Å². The van der Waals surface area contributed by atoms with Crippen molar-refractivity contribution in [2.45, 2.75) is 78.7 Å². The topological polar surface area (TPSA) is 26.0 Å². The van der Waals surface area contributed by atoms with Crippen molar-refractivity contribution < 1.29 is 0 Å². The Morgan fingerprint density at radius 3 is 2.17 bits per heavy atom. The molecule has 0 amide bonds. The van der Waals surface area contributed by atoms with Gasteiger partial charge in [0.15, 0.2) is 0 Å². The van der Waals surface area contributed by atoms with Crippen LogP contribution in [-0.2, 0) is 0 Å². The van der Waals surface area contributed by atoms with Crippen LogP contribution >= 0.6 is 0 Å². The van der Waals surface area contributed by atoms with Crippen LogP contribution < -0.4 is 5.73 Å². The fraction of sp³-hybridized carbons (Fsp3) is 1.00. The van der Waals surface area contributed by atoms with E-state index in [1.165, 1.54) is 44.9 Å². The standard InChI is InChI=1S/C17H33N/c1-12-9-13(2)11-14(10-12)16(18)15-7-5-6-8-17(15,3)4/h12-16H,5-11,18H2,1-4H3. The molecule has 106 valence electrons. The van der Waals surface area contributed by atoms with Crippen LogP contribution in [0.15, 0.2) is 0 Å². The van der Waals surface area contributed by atoms with Crippen molar-refractivity contribution in [2.75, 3.05) is 0 Å². The van der Waals surface area contributed by atoms with Gasteiger partial charge in [-0.05, 0) is 61.2 Å². The molecule has 2 fully saturated rings. The van der Waals surface area contributed by atoms with Gasteiger partial charge in [0, 0.05) is 6.04 Å². The molecule has 0 aromatic carbocycles. The molecular weight excluding hydrogens is 218 g/mol. The summed E-state index contributed by atoms with van der Waals surface area (Å²) in [5.41, 5.74) is 7.20. The first-order valence-electron chi connectivity index (χ1n) is 8.15. The fourth-order valence-corrected chi connectivity index (χ4v) is 4.89. The van der Waals surface area contributed by atoms with Crippen molar-refractivity contribution in [3.63, 3.8) is 0 Å². The Morgan fingerprint density at radius 1 is 1.00 bits per heavy atom. The van der Waals surface area contributed by atoms with Crippen LogP contribution in [0.3, 0.4) is 0 Å². The van der Waals surface area contributed by atoms with E-state index in [0.29, 0.717) is 11.5 Å². The monoisotopic (exact) mass is 251 g/mol. The average molecular weight is 251 g/mol. The molecule has 1 nitrogen and oxygen atoms in total. The van der Waals surface area contributed by atoms with Gasteiger partial charge in [-0.1, -0.05) is 40.5 Å². The summed E-state index contributed by atoms with van der Waals surface area (Å²) in [6, 6.07) is 0.450. The van der Waals surface area contributed by atoms with E-state index in [1.54, 1.807) is 0 Å². The van der Waals surface area contributed by atoms with Gasteiger partial charge in [-0.2, -0.15) is 0 Å². The molecule has 0 saturated heterocycles. The first-order chi connectivity index (χ1) is 8.40. The van der Waals surface area contributed by atoms with Gasteiger partial charge in [-0.3, -0.25) is 0 Å². The Bertz CT molecular complexity index is 261. The van der Waals surface area contributed by atoms with Crippen molar-refractivity contribution in [1.29, 1.82) is 0 Å². The predicted octanol–water partition coefficient (Wildman–Crippen LogP) is 4.60. The highest BCUT2D eigenvalue weighted by atomic mass is 14.7. The van der Waals surface area contributed by atoms with Gasteiger partial charge in [-0.25, -0.2) is 0 Å². The summed E-state index contributed by atoms with van der Waals surface area (Å²) in [4.78, 5) is 0. The normalized spacial score (nSPS) is 42.5. The van der Waals surface area contributed by atoms with E-state index in [9.17, 15) is 0 Å². The molecule has 4 unspecified atom stereocenters. The number of nitrogens with two attached hydrogens (primary N) is 1. The Balaban J connectivity index is 2.03. The summed E-state index contributed by atoms with van der Waals surface area (Å²) in [5, 5.41) is 0. The Labute approximate surface area is 114 Å². The number of hydrogen-bond acceptors (Lipinski definition) is 1. The molecule has 2 saturated carbocycles. The molecule has 0 heterocycles. The van der Waals surface area contributed by atoms with Gasteiger partial charge < -0.3 is 5.73 Å². The number of rotatable bonds is 2. The highest BCUT2D eigenvalue weighted by Gasteiger charge is 2.40. The Kier molecular flexibility index (Phi) is 4.41. The average Bonchev–Trinajstić information content (AvgIpc) is 2.26. The van der Waals surface area contributed by atoms with Gasteiger partial charge in [0.25, 0.3) is 0 Å². The smallest absolute Gasteiger partial charge is 0.0101 e. The molecule has 1 heteroatoms. The third-order valence-corrected chi connectivity index (χ3v) is 5.81. The number of hydrogen-bond donors (Lipinski definition) is 1. The largest absolute Gasteiger partial charge is 0.327 e. The molecule has 2 aliphatic rings. The van der Waals surface area contributed by atoms with E-state index >= 15 is 0 Å². The van der Waals surface area contributed by atoms with E-state index in [1.807, 2.05) is 0 Å². The summed E-state index contributed by atoms with van der Waals surface area (Å²) >= 11 is 0. The van der Waals surface area contributed by atoms with Crippen LogP contribution in [0.25, 0.3) is 0 Å². The molecule has 4 atom stereocenters. The van der Waals surface area contributed by atoms with E-state index in [2.05, 4.69) is 27.7 Å². The van der Waals surface area contributed by atoms with Crippen molar-refractivity contribution >= 4 is 0 Å². The van der Waals surface area contributed by atoms with Gasteiger partial charge in [-0.15, -0.1) is 0 Å². The highest BCUT2D eigenvalue weighted by Crippen LogP contribution is 2.46. The zero-order chi connectivity index (χ0) is 13.3. The van der Waals surface area contributed by atoms with E-state index in [0.717, 1.165) is 23.7 Å². The van der Waals surface area contributed by atoms with Crippen LogP contribution in [0.5, 0.6) is 0 Å². The van der Waals surface area contributed by atoms with E-state index in [4.69, 9.17) is 5.73 Å². The van der Waals surface area contributed by atoms with Crippen LogP contribution in [-0.4, -0.2) is 6.04 Å². The quantitative estimate of drug-likeness (QED) is 0.762. The molecule has 0 aromatic rings. The second-order valence-electron chi connectivity index (χ2n) is 8.10. The maximum atomic E-state index is 6.72. The van der Waals surface area contributed by atoms with Crippen LogP contribution in [0, 0.1) is 29.1 Å². The lowest BCUT2D eigenvalue weighted by molar-refractivity contribution is 0.0649. The molecule has 0 radical (unpaired) electrons. The van der Waals surface area contributed by atoms with Gasteiger partial charge in [0.1, 0.15) is 0 Å². The summed E-state index contributed by atoms with van der Waals surface area (Å²) in [7, 11) is 0. The molecule has 2 N–H and O–H groups in total. The minimum atomic E-state index is 0.450. The van der Waals surface area contributed by atoms with E-state index < -0.39 is 0 Å². The third kappa shape index (κ3) is 3.10. The zero-order valence-electron chi connectivity index (χ0n) is 12.9. The van der Waals surface area contributed by atoms with Gasteiger partial charge >= 0.3 is 0 Å². The molecule has 18 heavy (non-hydrogen) atoms. The molecule has 0 bridgehead atoms. The lowest BCUT2D eigenvalue weighted by Gasteiger charge is -2.46. The van der Waals surface area contributed by atoms with Gasteiger partial charge in [0.05, 0.1) is 0 Å². The van der Waals surface area contributed by atoms with Crippen LogP contribution in [0.2, 0.25) is 0 Å². The van der Waals surface area contributed by atoms with Crippen molar-refractivity contribution in [2.24, 2.45) is 34.8 Å². The molecule has 0 aromatic heterocycles. The second kappa shape index (κ2) is 5.53. The SMILES string of the molecule is CC1CC(C)CC(C(N)C2CCCCC2(C)C)C1. The molecular formula is C17H33N. The summed E-state index contributed by atoms with van der Waals surface area (Å²) in [6.45, 7) is 9.74. The van der Waals surface area contributed by atoms with Crippen molar-refractivity contribution in [1.82, 2.24) is 0 Å². The minimum Gasteiger partial charge on any atom is -0.327 e. The highest BCUT2D eigenvalue weighted by molar-refractivity contribution is 4.93. The van der Waals surface area contributed by atoms with Crippen LogP contribution in [0.1, 0.15) is 72.6 Å². The second-order valence-corrected chi connectivity index (χ2v) is 8.10. The fourth-order valence-electron chi connectivity index (χ4n) is 4.89.